The Hall–Kier alpha value is -1.88. The summed E-state index contributed by atoms with van der Waals surface area (Å²) in [5.41, 5.74) is 8.82. The zero-order valence-electron chi connectivity index (χ0n) is 11.2. The van der Waals surface area contributed by atoms with Crippen LogP contribution < -0.4 is 5.73 Å². The molecule has 3 rings (SSSR count). The van der Waals surface area contributed by atoms with Crippen LogP contribution in [0, 0.1) is 0 Å². The van der Waals surface area contributed by atoms with Gasteiger partial charge in [-0.3, -0.25) is 4.98 Å². The number of piperidine rings is 1. The fraction of sp³-hybridized carbons (Fsp3) is 0.429. The van der Waals surface area contributed by atoms with Gasteiger partial charge in [-0.1, -0.05) is 0 Å². The van der Waals surface area contributed by atoms with Crippen molar-refractivity contribution in [1.82, 2.24) is 19.4 Å². The van der Waals surface area contributed by atoms with E-state index in [2.05, 4.69) is 26.5 Å². The van der Waals surface area contributed by atoms with Gasteiger partial charge in [0.05, 0.1) is 18.2 Å². The summed E-state index contributed by atoms with van der Waals surface area (Å²) in [6.07, 6.45) is 9.73. The quantitative estimate of drug-likeness (QED) is 0.891. The standard InChI is InChI=1S/C14H19N5/c1-18-6-2-3-11(9-18)19-10-17-8-14(19)12-7-16-5-4-13(12)15/h4-5,7-8,10-11H,2-3,6,9H2,1H3,(H2,15,16). The molecule has 0 aliphatic carbocycles. The Morgan fingerprint density at radius 2 is 2.21 bits per heavy atom. The third-order valence-electron chi connectivity index (χ3n) is 3.79. The third kappa shape index (κ3) is 2.33. The van der Waals surface area contributed by atoms with Crippen LogP contribution in [0.3, 0.4) is 0 Å². The number of rotatable bonds is 2. The molecule has 2 N–H and O–H groups in total. The summed E-state index contributed by atoms with van der Waals surface area (Å²) >= 11 is 0. The molecule has 1 aliphatic rings. The minimum Gasteiger partial charge on any atom is -0.398 e. The minimum atomic E-state index is 0.468. The second-order valence-electron chi connectivity index (χ2n) is 5.21. The molecule has 2 aromatic rings. The normalized spacial score (nSPS) is 20.6. The molecule has 1 unspecified atom stereocenters. The Kier molecular flexibility index (Phi) is 3.21. The molecule has 0 bridgehead atoms. The second kappa shape index (κ2) is 5.01. The van der Waals surface area contributed by atoms with E-state index in [1.54, 1.807) is 6.20 Å². The minimum absolute atomic E-state index is 0.468. The summed E-state index contributed by atoms with van der Waals surface area (Å²) < 4.78 is 2.24. The van der Waals surface area contributed by atoms with E-state index in [0.29, 0.717) is 6.04 Å². The first-order valence-electron chi connectivity index (χ1n) is 6.66. The van der Waals surface area contributed by atoms with E-state index < -0.39 is 0 Å². The topological polar surface area (TPSA) is 60.0 Å². The fourth-order valence-corrected chi connectivity index (χ4v) is 2.79. The van der Waals surface area contributed by atoms with Gasteiger partial charge < -0.3 is 15.2 Å². The molecule has 5 heteroatoms. The molecule has 1 fully saturated rings. The number of nitrogen functional groups attached to an aromatic ring is 1. The van der Waals surface area contributed by atoms with Crippen molar-refractivity contribution in [3.8, 4) is 11.3 Å². The number of imidazole rings is 1. The maximum absolute atomic E-state index is 6.05. The molecule has 3 heterocycles. The van der Waals surface area contributed by atoms with Crippen molar-refractivity contribution < 1.29 is 0 Å². The van der Waals surface area contributed by atoms with E-state index in [-0.39, 0.29) is 0 Å². The fourth-order valence-electron chi connectivity index (χ4n) is 2.79. The van der Waals surface area contributed by atoms with Crippen molar-refractivity contribution in [1.29, 1.82) is 0 Å². The first-order valence-corrected chi connectivity index (χ1v) is 6.66. The van der Waals surface area contributed by atoms with Crippen LogP contribution in [-0.2, 0) is 0 Å². The van der Waals surface area contributed by atoms with Gasteiger partial charge in [0.25, 0.3) is 0 Å². The number of hydrogen-bond acceptors (Lipinski definition) is 4. The van der Waals surface area contributed by atoms with Gasteiger partial charge in [0.1, 0.15) is 0 Å². The van der Waals surface area contributed by atoms with E-state index in [0.717, 1.165) is 23.5 Å². The number of pyridine rings is 1. The van der Waals surface area contributed by atoms with Crippen molar-refractivity contribution in [2.45, 2.75) is 18.9 Å². The number of likely N-dealkylation sites (N-methyl/N-ethyl adjacent to an activating group) is 1. The lowest BCUT2D eigenvalue weighted by molar-refractivity contribution is 0.213. The molecule has 0 aromatic carbocycles. The molecule has 0 spiro atoms. The van der Waals surface area contributed by atoms with E-state index >= 15 is 0 Å². The number of likely N-dealkylation sites (tertiary alicyclic amines) is 1. The van der Waals surface area contributed by atoms with Crippen LogP contribution in [0.25, 0.3) is 11.3 Å². The molecule has 0 saturated carbocycles. The van der Waals surface area contributed by atoms with Crippen molar-refractivity contribution in [3.63, 3.8) is 0 Å². The summed E-state index contributed by atoms with van der Waals surface area (Å²) in [5, 5.41) is 0. The molecule has 1 saturated heterocycles. The molecule has 19 heavy (non-hydrogen) atoms. The molecule has 1 aliphatic heterocycles. The number of anilines is 1. The Labute approximate surface area is 113 Å². The second-order valence-corrected chi connectivity index (χ2v) is 5.21. The van der Waals surface area contributed by atoms with Gasteiger partial charge in [0.15, 0.2) is 0 Å². The predicted octanol–water partition coefficient (Wildman–Crippen LogP) is 1.79. The lowest BCUT2D eigenvalue weighted by Gasteiger charge is -2.31. The van der Waals surface area contributed by atoms with Gasteiger partial charge in [-0.15, -0.1) is 0 Å². The average Bonchev–Trinajstić information content (AvgIpc) is 2.88. The van der Waals surface area contributed by atoms with Gasteiger partial charge in [0.2, 0.25) is 0 Å². The van der Waals surface area contributed by atoms with Gasteiger partial charge >= 0.3 is 0 Å². The summed E-state index contributed by atoms with van der Waals surface area (Å²) in [6, 6.07) is 2.30. The van der Waals surface area contributed by atoms with E-state index in [9.17, 15) is 0 Å². The average molecular weight is 257 g/mol. The summed E-state index contributed by atoms with van der Waals surface area (Å²) in [5.74, 6) is 0. The highest BCUT2D eigenvalue weighted by atomic mass is 15.2. The molecule has 5 nitrogen and oxygen atoms in total. The number of nitrogens with zero attached hydrogens (tertiary/aromatic N) is 4. The van der Waals surface area contributed by atoms with Gasteiger partial charge in [0, 0.05) is 36.2 Å². The molecular weight excluding hydrogens is 238 g/mol. The van der Waals surface area contributed by atoms with Crippen LogP contribution in [0.15, 0.2) is 31.0 Å². The van der Waals surface area contributed by atoms with Crippen LogP contribution in [-0.4, -0.2) is 39.6 Å². The van der Waals surface area contributed by atoms with Crippen LogP contribution in [0.1, 0.15) is 18.9 Å². The summed E-state index contributed by atoms with van der Waals surface area (Å²) in [7, 11) is 2.17. The highest BCUT2D eigenvalue weighted by Gasteiger charge is 2.21. The van der Waals surface area contributed by atoms with E-state index in [1.165, 1.54) is 19.4 Å². The zero-order valence-corrected chi connectivity index (χ0v) is 11.2. The van der Waals surface area contributed by atoms with Crippen molar-refractivity contribution >= 4 is 5.69 Å². The maximum Gasteiger partial charge on any atom is 0.0954 e. The number of nitrogens with two attached hydrogens (primary N) is 1. The van der Waals surface area contributed by atoms with Gasteiger partial charge in [-0.2, -0.15) is 0 Å². The van der Waals surface area contributed by atoms with Crippen molar-refractivity contribution in [2.24, 2.45) is 0 Å². The lowest BCUT2D eigenvalue weighted by atomic mass is 10.0. The van der Waals surface area contributed by atoms with Crippen LogP contribution >= 0.6 is 0 Å². The van der Waals surface area contributed by atoms with Gasteiger partial charge in [-0.05, 0) is 32.5 Å². The first-order chi connectivity index (χ1) is 9.25. The molecule has 2 aromatic heterocycles. The Bertz CT molecular complexity index is 562. The van der Waals surface area contributed by atoms with Crippen LogP contribution in [0.2, 0.25) is 0 Å². The van der Waals surface area contributed by atoms with Crippen molar-refractivity contribution in [3.05, 3.63) is 31.0 Å². The van der Waals surface area contributed by atoms with Crippen LogP contribution in [0.4, 0.5) is 5.69 Å². The highest BCUT2D eigenvalue weighted by molar-refractivity contribution is 5.72. The van der Waals surface area contributed by atoms with Crippen LogP contribution in [0.5, 0.6) is 0 Å². The SMILES string of the molecule is CN1CCCC(n2cncc2-c2cnccc2N)C1. The Morgan fingerprint density at radius 1 is 1.32 bits per heavy atom. The molecule has 1 atom stereocenters. The zero-order chi connectivity index (χ0) is 13.2. The molecule has 100 valence electrons. The van der Waals surface area contributed by atoms with Crippen molar-refractivity contribution in [2.75, 3.05) is 25.9 Å². The molecule has 0 amide bonds. The maximum atomic E-state index is 6.05. The lowest BCUT2D eigenvalue weighted by Crippen LogP contribution is -2.33. The summed E-state index contributed by atoms with van der Waals surface area (Å²) in [6.45, 7) is 2.24. The third-order valence-corrected chi connectivity index (χ3v) is 3.79. The smallest absolute Gasteiger partial charge is 0.0954 e. The van der Waals surface area contributed by atoms with E-state index in [1.807, 2.05) is 24.8 Å². The van der Waals surface area contributed by atoms with Gasteiger partial charge in [-0.25, -0.2) is 4.98 Å². The highest BCUT2D eigenvalue weighted by Crippen LogP contribution is 2.29. The largest absolute Gasteiger partial charge is 0.398 e. The van der Waals surface area contributed by atoms with E-state index in [4.69, 9.17) is 5.73 Å². The predicted molar refractivity (Wildman–Crippen MR) is 75.6 cm³/mol. The molecule has 0 radical (unpaired) electrons. The Morgan fingerprint density at radius 3 is 3.00 bits per heavy atom. The summed E-state index contributed by atoms with van der Waals surface area (Å²) in [4.78, 5) is 10.8. The number of aromatic nitrogens is 3. The first kappa shape index (κ1) is 12.2. The monoisotopic (exact) mass is 257 g/mol. The Balaban J connectivity index is 1.96. The number of hydrogen-bond donors (Lipinski definition) is 1. The molecular formula is C14H19N5.